The minimum absolute atomic E-state index is 0.0167. The Hall–Kier alpha value is -0.650. The SMILES string of the molecule is Cn1nccc1C(N)Cc1cc(Br)cs1. The normalized spacial score (nSPS) is 13.0. The lowest BCUT2D eigenvalue weighted by Gasteiger charge is -2.10. The molecule has 5 heteroatoms. The van der Waals surface area contributed by atoms with Gasteiger partial charge in [0.1, 0.15) is 0 Å². The van der Waals surface area contributed by atoms with E-state index >= 15 is 0 Å². The molecule has 3 nitrogen and oxygen atoms in total. The van der Waals surface area contributed by atoms with Crippen molar-refractivity contribution >= 4 is 27.3 Å². The predicted octanol–water partition coefficient (Wildman–Crippen LogP) is 2.49. The van der Waals surface area contributed by atoms with Crippen LogP contribution in [0.4, 0.5) is 0 Å². The van der Waals surface area contributed by atoms with Crippen molar-refractivity contribution in [3.05, 3.63) is 38.8 Å². The van der Waals surface area contributed by atoms with Crippen LogP contribution in [0, 0.1) is 0 Å². The van der Waals surface area contributed by atoms with E-state index in [1.807, 2.05) is 17.8 Å². The second-order valence-electron chi connectivity index (χ2n) is 3.42. The van der Waals surface area contributed by atoms with Crippen molar-refractivity contribution in [1.82, 2.24) is 9.78 Å². The van der Waals surface area contributed by atoms with E-state index in [1.54, 1.807) is 17.5 Å². The Kier molecular flexibility index (Phi) is 3.23. The molecule has 1 unspecified atom stereocenters. The summed E-state index contributed by atoms with van der Waals surface area (Å²) >= 11 is 5.16. The smallest absolute Gasteiger partial charge is 0.0551 e. The topological polar surface area (TPSA) is 43.8 Å². The summed E-state index contributed by atoms with van der Waals surface area (Å²) in [6.07, 6.45) is 2.63. The molecule has 2 aromatic rings. The fourth-order valence-corrected chi connectivity index (χ4v) is 3.04. The molecule has 0 saturated carbocycles. The highest BCUT2D eigenvalue weighted by molar-refractivity contribution is 9.10. The van der Waals surface area contributed by atoms with Crippen LogP contribution in [0.25, 0.3) is 0 Å². The molecule has 0 amide bonds. The Labute approximate surface area is 101 Å². The van der Waals surface area contributed by atoms with E-state index in [-0.39, 0.29) is 6.04 Å². The fourth-order valence-electron chi connectivity index (χ4n) is 1.53. The minimum Gasteiger partial charge on any atom is -0.322 e. The van der Waals surface area contributed by atoms with Gasteiger partial charge in [0.25, 0.3) is 0 Å². The number of aromatic nitrogens is 2. The fraction of sp³-hybridized carbons (Fsp3) is 0.300. The lowest BCUT2D eigenvalue weighted by Crippen LogP contribution is -2.16. The Morgan fingerprint density at radius 3 is 3.00 bits per heavy atom. The number of thiophene rings is 1. The highest BCUT2D eigenvalue weighted by Gasteiger charge is 2.11. The van der Waals surface area contributed by atoms with Crippen molar-refractivity contribution in [2.45, 2.75) is 12.5 Å². The first-order valence-electron chi connectivity index (χ1n) is 4.63. The van der Waals surface area contributed by atoms with Gasteiger partial charge in [-0.1, -0.05) is 0 Å². The van der Waals surface area contributed by atoms with Crippen LogP contribution in [0.1, 0.15) is 16.6 Å². The predicted molar refractivity (Wildman–Crippen MR) is 65.9 cm³/mol. The summed E-state index contributed by atoms with van der Waals surface area (Å²) in [5.74, 6) is 0. The van der Waals surface area contributed by atoms with Crippen LogP contribution >= 0.6 is 27.3 Å². The Morgan fingerprint density at radius 2 is 2.47 bits per heavy atom. The number of halogens is 1. The molecule has 2 N–H and O–H groups in total. The summed E-state index contributed by atoms with van der Waals surface area (Å²) < 4.78 is 2.95. The van der Waals surface area contributed by atoms with Gasteiger partial charge in [0.15, 0.2) is 0 Å². The molecule has 0 fully saturated rings. The average Bonchev–Trinajstić information content (AvgIpc) is 2.75. The van der Waals surface area contributed by atoms with Crippen molar-refractivity contribution in [2.75, 3.05) is 0 Å². The van der Waals surface area contributed by atoms with Gasteiger partial charge in [-0.25, -0.2) is 0 Å². The number of hydrogen-bond acceptors (Lipinski definition) is 3. The maximum atomic E-state index is 6.11. The second kappa shape index (κ2) is 4.47. The highest BCUT2D eigenvalue weighted by atomic mass is 79.9. The number of rotatable bonds is 3. The van der Waals surface area contributed by atoms with Crippen LogP contribution in [0.5, 0.6) is 0 Å². The van der Waals surface area contributed by atoms with Crippen LogP contribution in [0.2, 0.25) is 0 Å². The van der Waals surface area contributed by atoms with E-state index < -0.39 is 0 Å². The van der Waals surface area contributed by atoms with Crippen LogP contribution < -0.4 is 5.73 Å². The zero-order valence-corrected chi connectivity index (χ0v) is 10.8. The van der Waals surface area contributed by atoms with E-state index in [0.717, 1.165) is 16.6 Å². The molecular formula is C10H12BrN3S. The molecule has 0 bridgehead atoms. The number of nitrogens with zero attached hydrogens (tertiary/aromatic N) is 2. The number of nitrogens with two attached hydrogens (primary N) is 1. The molecule has 1 atom stereocenters. The summed E-state index contributed by atoms with van der Waals surface area (Å²) in [6, 6.07) is 4.09. The Balaban J connectivity index is 2.10. The summed E-state index contributed by atoms with van der Waals surface area (Å²) in [7, 11) is 1.92. The molecule has 0 aromatic carbocycles. The average molecular weight is 286 g/mol. The molecule has 0 aliphatic heterocycles. The molecule has 2 aromatic heterocycles. The van der Waals surface area contributed by atoms with Gasteiger partial charge in [0, 0.05) is 34.4 Å². The van der Waals surface area contributed by atoms with Gasteiger partial charge in [-0.15, -0.1) is 11.3 Å². The second-order valence-corrected chi connectivity index (χ2v) is 5.33. The quantitative estimate of drug-likeness (QED) is 0.942. The molecule has 2 heterocycles. The first kappa shape index (κ1) is 10.9. The number of aryl methyl sites for hydroxylation is 1. The maximum absolute atomic E-state index is 6.11. The molecule has 80 valence electrons. The maximum Gasteiger partial charge on any atom is 0.0551 e. The number of hydrogen-bond donors (Lipinski definition) is 1. The summed E-state index contributed by atoms with van der Waals surface area (Å²) in [5.41, 5.74) is 7.18. The third-order valence-corrected chi connectivity index (χ3v) is 4.00. The molecular weight excluding hydrogens is 274 g/mol. The molecule has 0 spiro atoms. The molecule has 2 rings (SSSR count). The Morgan fingerprint density at radius 1 is 1.67 bits per heavy atom. The van der Waals surface area contributed by atoms with Gasteiger partial charge in [0.2, 0.25) is 0 Å². The van der Waals surface area contributed by atoms with Crippen molar-refractivity contribution in [1.29, 1.82) is 0 Å². The van der Waals surface area contributed by atoms with E-state index in [9.17, 15) is 0 Å². The summed E-state index contributed by atoms with van der Waals surface area (Å²) in [4.78, 5) is 1.29. The minimum atomic E-state index is 0.0167. The molecule has 0 aliphatic carbocycles. The summed E-state index contributed by atoms with van der Waals surface area (Å²) in [6.45, 7) is 0. The largest absolute Gasteiger partial charge is 0.322 e. The monoisotopic (exact) mass is 285 g/mol. The van der Waals surface area contributed by atoms with Crippen molar-refractivity contribution in [3.63, 3.8) is 0 Å². The first-order chi connectivity index (χ1) is 7.16. The molecule has 15 heavy (non-hydrogen) atoms. The lowest BCUT2D eigenvalue weighted by molar-refractivity contribution is 0.620. The van der Waals surface area contributed by atoms with Crippen molar-refractivity contribution in [2.24, 2.45) is 12.8 Å². The summed E-state index contributed by atoms with van der Waals surface area (Å²) in [5, 5.41) is 6.19. The lowest BCUT2D eigenvalue weighted by atomic mass is 10.1. The highest BCUT2D eigenvalue weighted by Crippen LogP contribution is 2.24. The van der Waals surface area contributed by atoms with Crippen LogP contribution in [0.15, 0.2) is 28.2 Å². The molecule has 0 radical (unpaired) electrons. The third kappa shape index (κ3) is 2.48. The van der Waals surface area contributed by atoms with E-state index in [1.165, 1.54) is 4.88 Å². The van der Waals surface area contributed by atoms with Gasteiger partial charge >= 0.3 is 0 Å². The van der Waals surface area contributed by atoms with E-state index in [2.05, 4.69) is 32.5 Å². The van der Waals surface area contributed by atoms with Crippen LogP contribution in [-0.2, 0) is 13.5 Å². The molecule has 0 aliphatic rings. The zero-order valence-electron chi connectivity index (χ0n) is 8.35. The van der Waals surface area contributed by atoms with Gasteiger partial charge in [-0.3, -0.25) is 4.68 Å². The first-order valence-corrected chi connectivity index (χ1v) is 6.30. The van der Waals surface area contributed by atoms with Gasteiger partial charge < -0.3 is 5.73 Å². The van der Waals surface area contributed by atoms with Crippen LogP contribution in [0.3, 0.4) is 0 Å². The zero-order chi connectivity index (χ0) is 10.8. The third-order valence-electron chi connectivity index (χ3n) is 2.28. The van der Waals surface area contributed by atoms with Crippen molar-refractivity contribution in [3.8, 4) is 0 Å². The van der Waals surface area contributed by atoms with E-state index in [0.29, 0.717) is 0 Å². The van der Waals surface area contributed by atoms with Gasteiger partial charge in [0.05, 0.1) is 11.7 Å². The van der Waals surface area contributed by atoms with E-state index in [4.69, 9.17) is 5.73 Å². The van der Waals surface area contributed by atoms with Gasteiger partial charge in [-0.05, 0) is 28.1 Å². The van der Waals surface area contributed by atoms with Gasteiger partial charge in [-0.2, -0.15) is 5.10 Å². The van der Waals surface area contributed by atoms with Crippen LogP contribution in [-0.4, -0.2) is 9.78 Å². The molecule has 0 saturated heterocycles. The standard InChI is InChI=1S/C10H12BrN3S/c1-14-10(2-3-13-14)9(12)5-8-4-7(11)6-15-8/h2-4,6,9H,5,12H2,1H3. The Bertz CT molecular complexity index is 449. The van der Waals surface area contributed by atoms with Crippen molar-refractivity contribution < 1.29 is 0 Å².